The molecule has 0 saturated carbocycles. The average Bonchev–Trinajstić information content (AvgIpc) is 3.23. The van der Waals surface area contributed by atoms with Crippen LogP contribution in [-0.2, 0) is 33.9 Å². The van der Waals surface area contributed by atoms with Crippen LogP contribution in [0.2, 0.25) is 0 Å². The normalized spacial score (nSPS) is 17.5. The number of rotatable bonds is 8. The van der Waals surface area contributed by atoms with Gasteiger partial charge in [0.2, 0.25) is 10.0 Å². The van der Waals surface area contributed by atoms with Crippen LogP contribution < -0.4 is 21.3 Å². The minimum absolute atomic E-state index is 0.0451. The summed E-state index contributed by atoms with van der Waals surface area (Å²) >= 11 is 0. The maximum Gasteiger partial charge on any atom is 0.277 e. The summed E-state index contributed by atoms with van der Waals surface area (Å²) in [6.07, 6.45) is 1.54. The third-order valence-corrected chi connectivity index (χ3v) is 7.87. The zero-order valence-corrected chi connectivity index (χ0v) is 26.4. The number of nitrogens with two attached hydrogens (primary N) is 1. The molecule has 3 heterocycles. The van der Waals surface area contributed by atoms with E-state index in [0.29, 0.717) is 55.0 Å². The topological polar surface area (TPSA) is 249 Å². The van der Waals surface area contributed by atoms with Crippen molar-refractivity contribution in [3.8, 4) is 17.1 Å². The second kappa shape index (κ2) is 15.7. The Hall–Kier alpha value is -2.97. The van der Waals surface area contributed by atoms with E-state index in [1.807, 2.05) is 27.7 Å². The van der Waals surface area contributed by atoms with Gasteiger partial charge in [0.05, 0.1) is 29.4 Å². The van der Waals surface area contributed by atoms with Gasteiger partial charge in [-0.25, -0.2) is 13.4 Å². The Balaban J connectivity index is 0.000000630. The van der Waals surface area contributed by atoms with Crippen LogP contribution in [0.5, 0.6) is 5.75 Å². The van der Waals surface area contributed by atoms with Gasteiger partial charge in [-0.2, -0.15) is 9.40 Å². The van der Waals surface area contributed by atoms with E-state index in [1.54, 1.807) is 19.2 Å². The standard InChI is InChI=1S/C23H32N6O4S.C2H7NO.H2O4S/c1-6-8-18-20-21(28(5)27-18)23(30)26-22(25-20)17-11-16(9-10-19(17)33-7-2)34(31,32)29-12-14(3)24-15(4)13-29;3-1-2-4;1-5(2,3)4/h9-11,14-15,24H,6-8,12-13H2,1-5H3,(H,25,26,30);4H,1-3H2;(H2,1,2,3,4)/p-2/t14-,15+;;. The van der Waals surface area contributed by atoms with Crippen molar-refractivity contribution in [3.63, 3.8) is 0 Å². The number of piperazine rings is 1. The molecule has 1 fully saturated rings. The average molecular weight is 646 g/mol. The molecule has 0 unspecified atom stereocenters. The molecule has 5 N–H and O–H groups in total. The summed E-state index contributed by atoms with van der Waals surface area (Å²) in [5, 5.41) is 15.6. The highest BCUT2D eigenvalue weighted by atomic mass is 32.3. The van der Waals surface area contributed by atoms with Gasteiger partial charge in [-0.05, 0) is 45.4 Å². The Labute approximate surface area is 250 Å². The Morgan fingerprint density at radius 3 is 2.23 bits per heavy atom. The molecule has 0 aliphatic carbocycles. The van der Waals surface area contributed by atoms with Gasteiger partial charge in [-0.15, -0.1) is 0 Å². The summed E-state index contributed by atoms with van der Waals surface area (Å²) in [4.78, 5) is 20.6. The lowest BCUT2D eigenvalue weighted by Gasteiger charge is -2.35. The molecule has 1 aromatic carbocycles. The van der Waals surface area contributed by atoms with Crippen molar-refractivity contribution >= 4 is 31.5 Å². The SMILES string of the molecule is CCCc1nn(C)c2c(=O)[nH]c(-c3cc(S(=O)(=O)N4C[C@@H](C)N[C@@H](C)C4)ccc3OCC)nc12.NCCO.O=S(=O)([O-])[O-]. The lowest BCUT2D eigenvalue weighted by atomic mass is 10.1. The molecule has 0 bridgehead atoms. The van der Waals surface area contributed by atoms with Crippen molar-refractivity contribution in [1.29, 1.82) is 0 Å². The van der Waals surface area contributed by atoms with Crippen molar-refractivity contribution in [2.75, 3.05) is 32.8 Å². The molecule has 0 spiro atoms. The maximum absolute atomic E-state index is 13.5. The Kier molecular flexibility index (Phi) is 13.2. The Morgan fingerprint density at radius 2 is 1.72 bits per heavy atom. The van der Waals surface area contributed by atoms with Crippen molar-refractivity contribution < 1.29 is 35.8 Å². The number of aliphatic hydroxyl groups excluding tert-OH is 1. The van der Waals surface area contributed by atoms with Crippen LogP contribution in [0.1, 0.15) is 39.8 Å². The van der Waals surface area contributed by atoms with E-state index in [-0.39, 0.29) is 35.0 Å². The molecule has 1 aliphatic rings. The Morgan fingerprint density at radius 1 is 1.14 bits per heavy atom. The molecule has 18 heteroatoms. The highest BCUT2D eigenvalue weighted by Crippen LogP contribution is 2.32. The smallest absolute Gasteiger partial charge is 0.277 e. The monoisotopic (exact) mass is 645 g/mol. The summed E-state index contributed by atoms with van der Waals surface area (Å²) in [6.45, 7) is 9.43. The van der Waals surface area contributed by atoms with Crippen molar-refractivity contribution in [2.24, 2.45) is 12.8 Å². The number of aryl methyl sites for hydroxylation is 2. The number of aliphatic hydroxyl groups is 1. The molecular formula is C25H39N7O9S2-2. The quantitative estimate of drug-likeness (QED) is 0.181. The fraction of sp³-hybridized carbons (Fsp3) is 0.560. The molecular weight excluding hydrogens is 606 g/mol. The molecule has 1 saturated heterocycles. The molecule has 0 amide bonds. The van der Waals surface area contributed by atoms with E-state index in [2.05, 4.69) is 15.4 Å². The number of aromatic amines is 1. The molecule has 1 aliphatic heterocycles. The number of fused-ring (bicyclic) bond motifs is 1. The first-order valence-corrected chi connectivity index (χ1v) is 16.3. The summed E-state index contributed by atoms with van der Waals surface area (Å²) in [5.41, 5.74) is 6.50. The van der Waals surface area contributed by atoms with Gasteiger partial charge in [0.1, 0.15) is 17.1 Å². The summed E-state index contributed by atoms with van der Waals surface area (Å²) in [5.74, 6) is 0.706. The molecule has 16 nitrogen and oxygen atoms in total. The predicted octanol–water partition coefficient (Wildman–Crippen LogP) is -0.355. The highest BCUT2D eigenvalue weighted by molar-refractivity contribution is 7.89. The fourth-order valence-electron chi connectivity index (χ4n) is 4.54. The molecule has 2 aromatic heterocycles. The third-order valence-electron chi connectivity index (χ3n) is 6.05. The van der Waals surface area contributed by atoms with E-state index in [4.69, 9.17) is 38.1 Å². The molecule has 4 rings (SSSR count). The first kappa shape index (κ1) is 36.2. The van der Waals surface area contributed by atoms with Crippen LogP contribution in [0, 0.1) is 0 Å². The van der Waals surface area contributed by atoms with E-state index in [0.717, 1.165) is 12.1 Å². The van der Waals surface area contributed by atoms with Crippen molar-refractivity contribution in [1.82, 2.24) is 29.4 Å². The zero-order valence-electron chi connectivity index (χ0n) is 24.7. The van der Waals surface area contributed by atoms with Crippen LogP contribution in [0.4, 0.5) is 0 Å². The van der Waals surface area contributed by atoms with Crippen LogP contribution in [-0.4, -0.2) is 100 Å². The predicted molar refractivity (Wildman–Crippen MR) is 157 cm³/mol. The molecule has 3 aromatic rings. The highest BCUT2D eigenvalue weighted by Gasteiger charge is 2.32. The summed E-state index contributed by atoms with van der Waals surface area (Å²) < 4.78 is 69.9. The van der Waals surface area contributed by atoms with Crippen LogP contribution in [0.15, 0.2) is 27.9 Å². The molecule has 2 atom stereocenters. The van der Waals surface area contributed by atoms with Gasteiger partial charge >= 0.3 is 0 Å². The number of benzene rings is 1. The number of nitrogens with one attached hydrogen (secondary N) is 2. The number of nitrogens with zero attached hydrogens (tertiary/aromatic N) is 4. The fourth-order valence-corrected chi connectivity index (χ4v) is 6.18. The van der Waals surface area contributed by atoms with E-state index in [1.165, 1.54) is 15.1 Å². The van der Waals surface area contributed by atoms with Crippen molar-refractivity contribution in [2.45, 2.75) is 57.5 Å². The largest absolute Gasteiger partial charge is 0.759 e. The first-order valence-electron chi connectivity index (χ1n) is 13.5. The van der Waals surface area contributed by atoms with E-state index < -0.39 is 20.4 Å². The number of sulfonamides is 1. The lowest BCUT2D eigenvalue weighted by molar-refractivity contribution is 0.263. The number of aromatic nitrogens is 4. The second-order valence-electron chi connectivity index (χ2n) is 9.73. The molecule has 43 heavy (non-hydrogen) atoms. The number of hydrogen-bond acceptors (Lipinski definition) is 13. The molecule has 0 radical (unpaired) electrons. The summed E-state index contributed by atoms with van der Waals surface area (Å²) in [7, 11) is -7.21. The number of H-pyrrole nitrogens is 1. The van der Waals surface area contributed by atoms with Crippen LogP contribution in [0.25, 0.3) is 22.4 Å². The number of hydrogen-bond donors (Lipinski definition) is 4. The minimum atomic E-state index is -5.17. The van der Waals surface area contributed by atoms with Gasteiger partial charge in [0.25, 0.3) is 5.56 Å². The van der Waals surface area contributed by atoms with Gasteiger partial charge in [-0.3, -0.25) is 17.9 Å². The summed E-state index contributed by atoms with van der Waals surface area (Å²) in [6, 6.07) is 4.80. The third kappa shape index (κ3) is 10.0. The van der Waals surface area contributed by atoms with Crippen LogP contribution in [0.3, 0.4) is 0 Å². The van der Waals surface area contributed by atoms with Gasteiger partial charge in [0, 0.05) is 49.2 Å². The van der Waals surface area contributed by atoms with Crippen molar-refractivity contribution in [3.05, 3.63) is 34.2 Å². The maximum atomic E-state index is 13.5. The van der Waals surface area contributed by atoms with E-state index in [9.17, 15) is 13.2 Å². The Bertz CT molecular complexity index is 1620. The van der Waals surface area contributed by atoms with Crippen LogP contribution >= 0.6 is 0 Å². The molecule has 242 valence electrons. The second-order valence-corrected chi connectivity index (χ2v) is 12.5. The van der Waals surface area contributed by atoms with Gasteiger partial charge < -0.3 is 35.0 Å². The van der Waals surface area contributed by atoms with Gasteiger partial charge in [-0.1, -0.05) is 13.3 Å². The minimum Gasteiger partial charge on any atom is -0.759 e. The van der Waals surface area contributed by atoms with E-state index >= 15 is 0 Å². The first-order chi connectivity index (χ1) is 20.1. The number of ether oxygens (including phenoxy) is 1. The lowest BCUT2D eigenvalue weighted by Crippen LogP contribution is -2.55. The zero-order chi connectivity index (χ0) is 32.5. The van der Waals surface area contributed by atoms with Gasteiger partial charge in [0.15, 0.2) is 5.52 Å².